The Kier molecular flexibility index (Phi) is 6.09. The molecule has 0 aliphatic rings. The molecule has 2 N–H and O–H groups in total. The first kappa shape index (κ1) is 18.9. The lowest BCUT2D eigenvalue weighted by molar-refractivity contribution is 0.415. The van der Waals surface area contributed by atoms with E-state index in [1.807, 2.05) is 27.7 Å². The number of anilines is 1. The molecule has 6 nitrogen and oxygen atoms in total. The van der Waals surface area contributed by atoms with E-state index in [0.29, 0.717) is 39.1 Å². The smallest absolute Gasteiger partial charge is 0.295 e. The maximum Gasteiger partial charge on any atom is 0.295 e. The molecule has 0 spiro atoms. The SMILES string of the molecule is CC.COc1ccc2c(=O)cc(-c3coc(NC(C)C)n3)[nH]c2c1Cl. The van der Waals surface area contributed by atoms with Gasteiger partial charge in [0.1, 0.15) is 22.7 Å². The minimum absolute atomic E-state index is 0.153. The third-order valence-corrected chi connectivity index (χ3v) is 3.69. The van der Waals surface area contributed by atoms with Gasteiger partial charge in [-0.05, 0) is 26.0 Å². The van der Waals surface area contributed by atoms with Crippen molar-refractivity contribution in [1.82, 2.24) is 9.97 Å². The molecule has 0 unspecified atom stereocenters. The topological polar surface area (TPSA) is 80.2 Å². The van der Waals surface area contributed by atoms with Crippen LogP contribution in [0.2, 0.25) is 5.02 Å². The van der Waals surface area contributed by atoms with E-state index in [0.717, 1.165) is 0 Å². The molecule has 0 saturated heterocycles. The molecule has 25 heavy (non-hydrogen) atoms. The number of halogens is 1. The van der Waals surface area contributed by atoms with Crippen LogP contribution in [0.25, 0.3) is 22.3 Å². The van der Waals surface area contributed by atoms with Crippen molar-refractivity contribution in [1.29, 1.82) is 0 Å². The van der Waals surface area contributed by atoms with Crippen molar-refractivity contribution < 1.29 is 9.15 Å². The highest BCUT2D eigenvalue weighted by molar-refractivity contribution is 6.36. The highest BCUT2D eigenvalue weighted by atomic mass is 35.5. The fraction of sp³-hybridized carbons (Fsp3) is 0.333. The molecule has 2 aromatic heterocycles. The van der Waals surface area contributed by atoms with Gasteiger partial charge < -0.3 is 19.5 Å². The first-order valence-corrected chi connectivity index (χ1v) is 8.49. The number of benzene rings is 1. The van der Waals surface area contributed by atoms with Gasteiger partial charge in [0.2, 0.25) is 0 Å². The lowest BCUT2D eigenvalue weighted by Crippen LogP contribution is -2.09. The number of oxazole rings is 1. The van der Waals surface area contributed by atoms with Crippen molar-refractivity contribution in [3.05, 3.63) is 39.7 Å². The zero-order chi connectivity index (χ0) is 18.6. The number of fused-ring (bicyclic) bond motifs is 1. The predicted octanol–water partition coefficient (Wildman–Crippen LogP) is 4.69. The zero-order valence-electron chi connectivity index (χ0n) is 14.9. The molecular weight excluding hydrogens is 342 g/mol. The maximum atomic E-state index is 12.3. The molecule has 7 heteroatoms. The van der Waals surface area contributed by atoms with Gasteiger partial charge in [0.05, 0.1) is 18.3 Å². The van der Waals surface area contributed by atoms with Gasteiger partial charge in [-0.25, -0.2) is 0 Å². The standard InChI is InChI=1S/C16H16ClN3O3.C2H6/c1-8(2)18-16-20-11(7-23-16)10-6-12(21)9-4-5-13(22-3)14(17)15(9)19-10;1-2/h4-8H,1-3H3,(H,18,20)(H,19,21);1-2H3. The molecule has 1 aromatic carbocycles. The number of aromatic nitrogens is 2. The van der Waals surface area contributed by atoms with Crippen LogP contribution in [0.15, 0.2) is 33.7 Å². The van der Waals surface area contributed by atoms with Gasteiger partial charge in [-0.2, -0.15) is 4.98 Å². The highest BCUT2D eigenvalue weighted by Gasteiger charge is 2.13. The molecule has 0 aliphatic carbocycles. The van der Waals surface area contributed by atoms with Crippen molar-refractivity contribution in [3.63, 3.8) is 0 Å². The van der Waals surface area contributed by atoms with Gasteiger partial charge >= 0.3 is 0 Å². The molecule has 0 saturated carbocycles. The Hall–Kier alpha value is -2.47. The molecule has 3 rings (SSSR count). The van der Waals surface area contributed by atoms with Crippen LogP contribution >= 0.6 is 11.6 Å². The van der Waals surface area contributed by atoms with Crippen molar-refractivity contribution >= 4 is 28.5 Å². The van der Waals surface area contributed by atoms with Crippen LogP contribution < -0.4 is 15.5 Å². The summed E-state index contributed by atoms with van der Waals surface area (Å²) in [5.41, 5.74) is 1.40. The molecule has 0 fully saturated rings. The maximum absolute atomic E-state index is 12.3. The van der Waals surface area contributed by atoms with Crippen LogP contribution in [0.3, 0.4) is 0 Å². The Morgan fingerprint density at radius 3 is 2.68 bits per heavy atom. The van der Waals surface area contributed by atoms with Gasteiger partial charge in [-0.1, -0.05) is 25.4 Å². The first-order valence-electron chi connectivity index (χ1n) is 8.11. The Balaban J connectivity index is 0.00000109. The lowest BCUT2D eigenvalue weighted by atomic mass is 10.1. The molecule has 0 radical (unpaired) electrons. The van der Waals surface area contributed by atoms with E-state index < -0.39 is 0 Å². The highest BCUT2D eigenvalue weighted by Crippen LogP contribution is 2.31. The summed E-state index contributed by atoms with van der Waals surface area (Å²) in [6, 6.07) is 5.41. The van der Waals surface area contributed by atoms with E-state index in [2.05, 4.69) is 15.3 Å². The number of hydrogen-bond acceptors (Lipinski definition) is 5. The Morgan fingerprint density at radius 2 is 2.04 bits per heavy atom. The van der Waals surface area contributed by atoms with Crippen LogP contribution in [-0.2, 0) is 0 Å². The van der Waals surface area contributed by atoms with E-state index in [1.165, 1.54) is 19.4 Å². The normalized spacial score (nSPS) is 10.5. The van der Waals surface area contributed by atoms with Crippen molar-refractivity contribution in [2.75, 3.05) is 12.4 Å². The number of nitrogens with zero attached hydrogens (tertiary/aromatic N) is 1. The average molecular weight is 364 g/mol. The second kappa shape index (κ2) is 8.07. The third-order valence-electron chi connectivity index (χ3n) is 3.32. The Bertz CT molecular complexity index is 916. The van der Waals surface area contributed by atoms with Gasteiger partial charge in [-0.3, -0.25) is 4.79 Å². The summed E-state index contributed by atoms with van der Waals surface area (Å²) in [7, 11) is 1.52. The lowest BCUT2D eigenvalue weighted by Gasteiger charge is -2.07. The van der Waals surface area contributed by atoms with Gasteiger partial charge in [0.15, 0.2) is 5.43 Å². The average Bonchev–Trinajstić information content (AvgIpc) is 3.05. The summed E-state index contributed by atoms with van der Waals surface area (Å²) in [6.45, 7) is 7.96. The second-order valence-corrected chi connectivity index (χ2v) is 5.77. The van der Waals surface area contributed by atoms with E-state index >= 15 is 0 Å². The van der Waals surface area contributed by atoms with E-state index in [9.17, 15) is 4.79 Å². The number of hydrogen-bond donors (Lipinski definition) is 2. The first-order chi connectivity index (χ1) is 12.0. The summed E-state index contributed by atoms with van der Waals surface area (Å²) < 4.78 is 10.5. The molecule has 0 atom stereocenters. The summed E-state index contributed by atoms with van der Waals surface area (Å²) in [6.07, 6.45) is 1.48. The molecule has 2 heterocycles. The summed E-state index contributed by atoms with van der Waals surface area (Å²) in [4.78, 5) is 19.8. The molecule has 0 bridgehead atoms. The van der Waals surface area contributed by atoms with Gasteiger partial charge in [0.25, 0.3) is 6.01 Å². The van der Waals surface area contributed by atoms with E-state index in [-0.39, 0.29) is 11.5 Å². The minimum Gasteiger partial charge on any atom is -0.495 e. The Morgan fingerprint density at radius 1 is 1.32 bits per heavy atom. The van der Waals surface area contributed by atoms with Crippen molar-refractivity contribution in [3.8, 4) is 17.1 Å². The summed E-state index contributed by atoms with van der Waals surface area (Å²) in [5.74, 6) is 0.495. The third kappa shape index (κ3) is 3.96. The van der Waals surface area contributed by atoms with Crippen LogP contribution in [-0.4, -0.2) is 23.1 Å². The molecule has 0 aliphatic heterocycles. The largest absolute Gasteiger partial charge is 0.495 e. The van der Waals surface area contributed by atoms with Crippen LogP contribution in [0.1, 0.15) is 27.7 Å². The number of pyridine rings is 1. The zero-order valence-corrected chi connectivity index (χ0v) is 15.7. The quantitative estimate of drug-likeness (QED) is 0.702. The molecule has 3 aromatic rings. The summed E-state index contributed by atoms with van der Waals surface area (Å²) in [5, 5.41) is 3.90. The number of methoxy groups -OCH3 is 1. The fourth-order valence-corrected chi connectivity index (χ4v) is 2.56. The van der Waals surface area contributed by atoms with Crippen molar-refractivity contribution in [2.45, 2.75) is 33.7 Å². The van der Waals surface area contributed by atoms with Crippen LogP contribution in [0, 0.1) is 0 Å². The number of rotatable bonds is 4. The molecular formula is C18H22ClN3O3. The van der Waals surface area contributed by atoms with Crippen molar-refractivity contribution in [2.24, 2.45) is 0 Å². The van der Waals surface area contributed by atoms with Crippen LogP contribution in [0.5, 0.6) is 5.75 Å². The van der Waals surface area contributed by atoms with E-state index in [1.54, 1.807) is 12.1 Å². The van der Waals surface area contributed by atoms with Gasteiger partial charge in [0, 0.05) is 17.5 Å². The second-order valence-electron chi connectivity index (χ2n) is 5.39. The fourth-order valence-electron chi connectivity index (χ4n) is 2.27. The van der Waals surface area contributed by atoms with E-state index in [4.69, 9.17) is 20.8 Å². The number of H-pyrrole nitrogens is 1. The predicted molar refractivity (Wildman–Crippen MR) is 102 cm³/mol. The molecule has 134 valence electrons. The monoisotopic (exact) mass is 363 g/mol. The number of aromatic amines is 1. The summed E-state index contributed by atoms with van der Waals surface area (Å²) >= 11 is 6.30. The van der Waals surface area contributed by atoms with Crippen LogP contribution in [0.4, 0.5) is 6.01 Å². The number of ether oxygens (including phenoxy) is 1. The number of nitrogens with one attached hydrogen (secondary N) is 2. The minimum atomic E-state index is -0.153. The van der Waals surface area contributed by atoms with Gasteiger partial charge in [-0.15, -0.1) is 0 Å². The Labute approximate surface area is 151 Å². The molecule has 0 amide bonds.